The van der Waals surface area contributed by atoms with E-state index in [2.05, 4.69) is 5.16 Å². The van der Waals surface area contributed by atoms with Crippen LogP contribution in [0.3, 0.4) is 0 Å². The molecule has 0 saturated carbocycles. The van der Waals surface area contributed by atoms with Gasteiger partial charge in [0.15, 0.2) is 6.10 Å². The number of methoxy groups -OCH3 is 1. The van der Waals surface area contributed by atoms with Crippen LogP contribution in [-0.4, -0.2) is 13.3 Å². The molecule has 0 radical (unpaired) electrons. The molecule has 1 aromatic carbocycles. The first kappa shape index (κ1) is 8.10. The topological polar surface area (TPSA) is 30.8 Å². The summed E-state index contributed by atoms with van der Waals surface area (Å²) in [5, 5.41) is 3.74. The monoisotopic (exact) mass is 177 g/mol. The van der Waals surface area contributed by atoms with Crippen LogP contribution in [0.2, 0.25) is 0 Å². The molecule has 2 rings (SSSR count). The summed E-state index contributed by atoms with van der Waals surface area (Å²) in [6.45, 7) is 0. The third-order valence-electron chi connectivity index (χ3n) is 2.07. The third-order valence-corrected chi connectivity index (χ3v) is 2.07. The van der Waals surface area contributed by atoms with E-state index in [-0.39, 0.29) is 6.10 Å². The highest BCUT2D eigenvalue weighted by Gasteiger charge is 2.19. The number of hydrogen-bond donors (Lipinski definition) is 0. The molecule has 1 unspecified atom stereocenters. The maximum Gasteiger partial charge on any atom is 0.161 e. The van der Waals surface area contributed by atoms with Crippen molar-refractivity contribution < 1.29 is 9.57 Å². The van der Waals surface area contributed by atoms with Gasteiger partial charge in [0.2, 0.25) is 0 Å². The van der Waals surface area contributed by atoms with Gasteiger partial charge in [-0.2, -0.15) is 0 Å². The van der Waals surface area contributed by atoms with Gasteiger partial charge >= 0.3 is 0 Å². The zero-order chi connectivity index (χ0) is 9.10. The highest BCUT2D eigenvalue weighted by atomic mass is 16.6. The Morgan fingerprint density at radius 3 is 3.00 bits per heavy atom. The first-order chi connectivity index (χ1) is 6.42. The lowest BCUT2D eigenvalue weighted by molar-refractivity contribution is 0.0837. The van der Waals surface area contributed by atoms with E-state index in [0.717, 1.165) is 17.7 Å². The molecule has 13 heavy (non-hydrogen) atoms. The zero-order valence-corrected chi connectivity index (χ0v) is 7.43. The van der Waals surface area contributed by atoms with Crippen molar-refractivity contribution in [2.24, 2.45) is 5.16 Å². The van der Waals surface area contributed by atoms with Gasteiger partial charge in [0.25, 0.3) is 0 Å². The highest BCUT2D eigenvalue weighted by molar-refractivity contribution is 5.60. The lowest BCUT2D eigenvalue weighted by Gasteiger charge is -2.12. The summed E-state index contributed by atoms with van der Waals surface area (Å²) in [6.07, 6.45) is 2.62. The molecule has 1 aliphatic heterocycles. The largest absolute Gasteiger partial charge is 0.496 e. The van der Waals surface area contributed by atoms with E-state index in [1.807, 2.05) is 24.3 Å². The van der Waals surface area contributed by atoms with E-state index >= 15 is 0 Å². The highest BCUT2D eigenvalue weighted by Crippen LogP contribution is 2.31. The number of rotatable bonds is 2. The second-order valence-corrected chi connectivity index (χ2v) is 2.86. The predicted molar refractivity (Wildman–Crippen MR) is 49.9 cm³/mol. The SMILES string of the molecule is COc1ccccc1C1CC=NO1. The summed E-state index contributed by atoms with van der Waals surface area (Å²) in [5.41, 5.74) is 1.06. The molecule has 1 heterocycles. The van der Waals surface area contributed by atoms with Crippen LogP contribution in [-0.2, 0) is 4.84 Å². The number of hydrogen-bond acceptors (Lipinski definition) is 3. The van der Waals surface area contributed by atoms with Crippen LogP contribution in [0.25, 0.3) is 0 Å². The fourth-order valence-electron chi connectivity index (χ4n) is 1.41. The van der Waals surface area contributed by atoms with E-state index in [4.69, 9.17) is 9.57 Å². The molecule has 3 nitrogen and oxygen atoms in total. The Kier molecular flexibility index (Phi) is 2.17. The van der Waals surface area contributed by atoms with Crippen LogP contribution >= 0.6 is 0 Å². The molecule has 0 N–H and O–H groups in total. The quantitative estimate of drug-likeness (QED) is 0.693. The Hall–Kier alpha value is -1.51. The molecule has 0 bridgehead atoms. The fraction of sp³-hybridized carbons (Fsp3) is 0.300. The van der Waals surface area contributed by atoms with Gasteiger partial charge in [-0.15, -0.1) is 0 Å². The minimum Gasteiger partial charge on any atom is -0.496 e. The van der Waals surface area contributed by atoms with Crippen molar-refractivity contribution in [1.82, 2.24) is 0 Å². The average molecular weight is 177 g/mol. The molecule has 0 spiro atoms. The lowest BCUT2D eigenvalue weighted by Crippen LogP contribution is -1.99. The summed E-state index contributed by atoms with van der Waals surface area (Å²) >= 11 is 0. The van der Waals surface area contributed by atoms with E-state index in [9.17, 15) is 0 Å². The van der Waals surface area contributed by atoms with Gasteiger partial charge in [0, 0.05) is 18.2 Å². The second kappa shape index (κ2) is 3.47. The molecule has 68 valence electrons. The normalized spacial score (nSPS) is 19.9. The van der Waals surface area contributed by atoms with Gasteiger partial charge in [-0.05, 0) is 6.07 Å². The van der Waals surface area contributed by atoms with E-state index in [1.165, 1.54) is 0 Å². The van der Waals surface area contributed by atoms with Crippen LogP contribution < -0.4 is 4.74 Å². The van der Waals surface area contributed by atoms with E-state index < -0.39 is 0 Å². The summed E-state index contributed by atoms with van der Waals surface area (Å²) in [6, 6.07) is 7.84. The van der Waals surface area contributed by atoms with E-state index in [1.54, 1.807) is 13.3 Å². The number of benzene rings is 1. The van der Waals surface area contributed by atoms with Gasteiger partial charge in [-0.1, -0.05) is 23.4 Å². The Bertz CT molecular complexity index is 314. The maximum absolute atomic E-state index is 5.22. The molecule has 0 aliphatic carbocycles. The van der Waals surface area contributed by atoms with Gasteiger partial charge in [-0.3, -0.25) is 0 Å². The van der Waals surface area contributed by atoms with Gasteiger partial charge in [0.1, 0.15) is 5.75 Å². The number of para-hydroxylation sites is 1. The summed E-state index contributed by atoms with van der Waals surface area (Å²) in [7, 11) is 1.66. The van der Waals surface area contributed by atoms with Crippen molar-refractivity contribution in [3.8, 4) is 5.75 Å². The Morgan fingerprint density at radius 2 is 2.31 bits per heavy atom. The summed E-state index contributed by atoms with van der Waals surface area (Å²) in [5.74, 6) is 0.859. The molecule has 3 heteroatoms. The van der Waals surface area contributed by atoms with Crippen LogP contribution in [0.4, 0.5) is 0 Å². The van der Waals surface area contributed by atoms with Gasteiger partial charge < -0.3 is 9.57 Å². The first-order valence-electron chi connectivity index (χ1n) is 4.22. The molecule has 1 atom stereocenters. The number of oxime groups is 1. The molecule has 1 aromatic rings. The zero-order valence-electron chi connectivity index (χ0n) is 7.43. The van der Waals surface area contributed by atoms with Crippen molar-refractivity contribution >= 4 is 6.21 Å². The first-order valence-corrected chi connectivity index (χ1v) is 4.22. The molecule has 0 amide bonds. The smallest absolute Gasteiger partial charge is 0.161 e. The van der Waals surface area contributed by atoms with Crippen molar-refractivity contribution in [3.63, 3.8) is 0 Å². The third kappa shape index (κ3) is 1.49. The summed E-state index contributed by atoms with van der Waals surface area (Å²) in [4.78, 5) is 5.17. The molecule has 0 aromatic heterocycles. The van der Waals surface area contributed by atoms with Gasteiger partial charge in [-0.25, -0.2) is 0 Å². The fourth-order valence-corrected chi connectivity index (χ4v) is 1.41. The lowest BCUT2D eigenvalue weighted by atomic mass is 10.1. The molecule has 0 fully saturated rings. The Balaban J connectivity index is 2.27. The molecular formula is C10H11NO2. The van der Waals surface area contributed by atoms with Crippen LogP contribution in [0, 0.1) is 0 Å². The van der Waals surface area contributed by atoms with Crippen LogP contribution in [0.5, 0.6) is 5.75 Å². The minimum absolute atomic E-state index is 0.0242. The predicted octanol–water partition coefficient (Wildman–Crippen LogP) is 2.14. The van der Waals surface area contributed by atoms with E-state index in [0.29, 0.717) is 0 Å². The second-order valence-electron chi connectivity index (χ2n) is 2.86. The molecular weight excluding hydrogens is 166 g/mol. The van der Waals surface area contributed by atoms with Gasteiger partial charge in [0.05, 0.1) is 7.11 Å². The summed E-state index contributed by atoms with van der Waals surface area (Å²) < 4.78 is 5.22. The maximum atomic E-state index is 5.22. The standard InChI is InChI=1S/C10H11NO2/c1-12-9-5-3-2-4-8(9)10-6-7-11-13-10/h2-5,7,10H,6H2,1H3. The van der Waals surface area contributed by atoms with Crippen LogP contribution in [0.15, 0.2) is 29.4 Å². The van der Waals surface area contributed by atoms with Crippen molar-refractivity contribution in [2.45, 2.75) is 12.5 Å². The Morgan fingerprint density at radius 1 is 1.46 bits per heavy atom. The molecule has 1 aliphatic rings. The Labute approximate surface area is 77.0 Å². The number of ether oxygens (including phenoxy) is 1. The van der Waals surface area contributed by atoms with Crippen molar-refractivity contribution in [2.75, 3.05) is 7.11 Å². The van der Waals surface area contributed by atoms with Crippen molar-refractivity contribution in [3.05, 3.63) is 29.8 Å². The average Bonchev–Trinajstić information content (AvgIpc) is 2.70. The van der Waals surface area contributed by atoms with Crippen molar-refractivity contribution in [1.29, 1.82) is 0 Å². The number of nitrogens with zero attached hydrogens (tertiary/aromatic N) is 1. The van der Waals surface area contributed by atoms with Crippen LogP contribution in [0.1, 0.15) is 18.1 Å². The molecule has 0 saturated heterocycles. The minimum atomic E-state index is 0.0242.